The van der Waals surface area contributed by atoms with E-state index in [4.69, 9.17) is 0 Å². The van der Waals surface area contributed by atoms with Crippen molar-refractivity contribution in [2.24, 2.45) is 11.3 Å². The van der Waals surface area contributed by atoms with Crippen molar-refractivity contribution in [2.75, 3.05) is 0 Å². The summed E-state index contributed by atoms with van der Waals surface area (Å²) >= 11 is 0. The van der Waals surface area contributed by atoms with Crippen LogP contribution in [0.1, 0.15) is 59.3 Å². The first kappa shape index (κ1) is 10.7. The molecule has 0 N–H and O–H groups in total. The van der Waals surface area contributed by atoms with Gasteiger partial charge in [-0.1, -0.05) is 13.8 Å². The van der Waals surface area contributed by atoms with E-state index in [2.05, 4.69) is 0 Å². The van der Waals surface area contributed by atoms with Crippen LogP contribution in [0.4, 0.5) is 0 Å². The van der Waals surface area contributed by atoms with Crippen molar-refractivity contribution < 1.29 is 4.79 Å². The fourth-order valence-electron chi connectivity index (χ4n) is 2.31. The average molecular weight is 182 g/mol. The summed E-state index contributed by atoms with van der Waals surface area (Å²) in [6.45, 7) is 5.75. The van der Waals surface area contributed by atoms with Crippen LogP contribution >= 0.6 is 0 Å². The van der Waals surface area contributed by atoms with Gasteiger partial charge in [-0.2, -0.15) is 0 Å². The minimum Gasteiger partial charge on any atom is -0.300 e. The summed E-state index contributed by atoms with van der Waals surface area (Å²) in [5, 5.41) is 0. The lowest BCUT2D eigenvalue weighted by atomic mass is 9.78. The summed E-state index contributed by atoms with van der Waals surface area (Å²) in [4.78, 5) is 11.0. The maximum absolute atomic E-state index is 11.0. The number of carbonyl (C=O) groups excluding carboxylic acids is 1. The second-order valence-corrected chi connectivity index (χ2v) is 4.38. The molecule has 0 unspecified atom stereocenters. The van der Waals surface area contributed by atoms with Crippen LogP contribution in [0.25, 0.3) is 0 Å². The molecule has 0 aliphatic heterocycles. The van der Waals surface area contributed by atoms with Gasteiger partial charge in [0.15, 0.2) is 0 Å². The molecule has 0 bridgehead atoms. The molecule has 0 saturated heterocycles. The molecule has 0 aromatic rings. The molecule has 1 heteroatoms. The number of Topliss-reactive ketones (excluding diaryl/α,β-unsaturated/α-hetero) is 1. The standard InChI is InChI=1S/C10H16O.C2H6/c1-8(11)9-2-4-10(5-3-9)6-7-10;1-2/h9H,2-7H2,1H3;1-2H3. The molecule has 13 heavy (non-hydrogen) atoms. The molecular weight excluding hydrogens is 160 g/mol. The van der Waals surface area contributed by atoms with Gasteiger partial charge in [0.25, 0.3) is 0 Å². The van der Waals surface area contributed by atoms with E-state index in [-0.39, 0.29) is 0 Å². The summed E-state index contributed by atoms with van der Waals surface area (Å²) in [7, 11) is 0. The maximum atomic E-state index is 11.0. The molecule has 76 valence electrons. The summed E-state index contributed by atoms with van der Waals surface area (Å²) in [5.74, 6) is 0.835. The van der Waals surface area contributed by atoms with Gasteiger partial charge >= 0.3 is 0 Å². The van der Waals surface area contributed by atoms with Gasteiger partial charge < -0.3 is 0 Å². The lowest BCUT2D eigenvalue weighted by Gasteiger charge is -2.26. The number of ketones is 1. The van der Waals surface area contributed by atoms with Gasteiger partial charge in [0.1, 0.15) is 5.78 Å². The normalized spacial score (nSPS) is 24.8. The van der Waals surface area contributed by atoms with Crippen LogP contribution in [-0.2, 0) is 4.79 Å². The number of hydrogen-bond acceptors (Lipinski definition) is 1. The second kappa shape index (κ2) is 4.26. The molecule has 0 atom stereocenters. The minimum absolute atomic E-state index is 0.417. The van der Waals surface area contributed by atoms with Gasteiger partial charge in [-0.3, -0.25) is 4.79 Å². The van der Waals surface area contributed by atoms with Gasteiger partial charge in [-0.05, 0) is 50.9 Å². The van der Waals surface area contributed by atoms with Crippen molar-refractivity contribution in [3.05, 3.63) is 0 Å². The van der Waals surface area contributed by atoms with E-state index in [9.17, 15) is 4.79 Å². The topological polar surface area (TPSA) is 17.1 Å². The zero-order chi connectivity index (χ0) is 9.90. The van der Waals surface area contributed by atoms with Crippen molar-refractivity contribution in [1.82, 2.24) is 0 Å². The number of carbonyl (C=O) groups is 1. The molecule has 2 rings (SSSR count). The third-order valence-corrected chi connectivity index (χ3v) is 3.58. The third kappa shape index (κ3) is 2.55. The van der Waals surface area contributed by atoms with Crippen molar-refractivity contribution in [3.63, 3.8) is 0 Å². The maximum Gasteiger partial charge on any atom is 0.132 e. The van der Waals surface area contributed by atoms with Crippen molar-refractivity contribution >= 4 is 5.78 Å². The van der Waals surface area contributed by atoms with Crippen LogP contribution in [0, 0.1) is 11.3 Å². The molecule has 2 fully saturated rings. The molecule has 0 radical (unpaired) electrons. The van der Waals surface area contributed by atoms with Crippen LogP contribution in [0.15, 0.2) is 0 Å². The Balaban J connectivity index is 0.000000396. The quantitative estimate of drug-likeness (QED) is 0.606. The highest BCUT2D eigenvalue weighted by Crippen LogP contribution is 2.57. The minimum atomic E-state index is 0.417. The van der Waals surface area contributed by atoms with Crippen LogP contribution in [0.3, 0.4) is 0 Å². The predicted molar refractivity (Wildman–Crippen MR) is 55.7 cm³/mol. The smallest absolute Gasteiger partial charge is 0.132 e. The first-order valence-electron chi connectivity index (χ1n) is 5.72. The van der Waals surface area contributed by atoms with Gasteiger partial charge in [-0.25, -0.2) is 0 Å². The average Bonchev–Trinajstić information content (AvgIpc) is 2.89. The predicted octanol–water partition coefficient (Wildman–Crippen LogP) is 3.57. The van der Waals surface area contributed by atoms with Crippen LogP contribution in [0.2, 0.25) is 0 Å². The monoisotopic (exact) mass is 182 g/mol. The molecule has 0 heterocycles. The Kier molecular flexibility index (Phi) is 3.52. The lowest BCUT2D eigenvalue weighted by molar-refractivity contribution is -0.121. The first-order valence-corrected chi connectivity index (χ1v) is 5.72. The Morgan fingerprint density at radius 3 is 1.85 bits per heavy atom. The molecule has 2 saturated carbocycles. The Labute approximate surface area is 81.9 Å². The Morgan fingerprint density at radius 2 is 1.54 bits per heavy atom. The van der Waals surface area contributed by atoms with Crippen molar-refractivity contribution in [3.8, 4) is 0 Å². The summed E-state index contributed by atoms with van der Waals surface area (Å²) in [6, 6.07) is 0. The molecule has 0 amide bonds. The lowest BCUT2D eigenvalue weighted by Crippen LogP contribution is -2.20. The Hall–Kier alpha value is -0.330. The molecule has 0 aromatic carbocycles. The zero-order valence-corrected chi connectivity index (χ0v) is 9.23. The highest BCUT2D eigenvalue weighted by molar-refractivity contribution is 5.78. The Morgan fingerprint density at radius 1 is 1.08 bits per heavy atom. The van der Waals surface area contributed by atoms with Gasteiger partial charge in [0.05, 0.1) is 0 Å². The highest BCUT2D eigenvalue weighted by Gasteiger charge is 2.45. The van der Waals surface area contributed by atoms with E-state index in [1.165, 1.54) is 38.5 Å². The zero-order valence-electron chi connectivity index (χ0n) is 9.23. The highest BCUT2D eigenvalue weighted by atomic mass is 16.1. The molecular formula is C12H22O. The van der Waals surface area contributed by atoms with E-state index in [1.54, 1.807) is 6.92 Å². The SMILES string of the molecule is CC.CC(=O)C1CCC2(CC1)CC2. The van der Waals surface area contributed by atoms with E-state index >= 15 is 0 Å². The fraction of sp³-hybridized carbons (Fsp3) is 0.917. The molecule has 2 aliphatic rings. The van der Waals surface area contributed by atoms with Crippen molar-refractivity contribution in [2.45, 2.75) is 59.3 Å². The van der Waals surface area contributed by atoms with Crippen LogP contribution in [0.5, 0.6) is 0 Å². The van der Waals surface area contributed by atoms with Crippen LogP contribution in [-0.4, -0.2) is 5.78 Å². The van der Waals surface area contributed by atoms with E-state index < -0.39 is 0 Å². The van der Waals surface area contributed by atoms with Gasteiger partial charge in [0, 0.05) is 5.92 Å². The largest absolute Gasteiger partial charge is 0.300 e. The summed E-state index contributed by atoms with van der Waals surface area (Å²) in [5.41, 5.74) is 0.742. The fourth-order valence-corrected chi connectivity index (χ4v) is 2.31. The number of rotatable bonds is 1. The van der Waals surface area contributed by atoms with Gasteiger partial charge in [0.2, 0.25) is 0 Å². The van der Waals surface area contributed by atoms with Crippen molar-refractivity contribution in [1.29, 1.82) is 0 Å². The number of hydrogen-bond donors (Lipinski definition) is 0. The third-order valence-electron chi connectivity index (χ3n) is 3.58. The summed E-state index contributed by atoms with van der Waals surface area (Å²) in [6.07, 6.45) is 7.90. The van der Waals surface area contributed by atoms with Gasteiger partial charge in [-0.15, -0.1) is 0 Å². The molecule has 0 aromatic heterocycles. The summed E-state index contributed by atoms with van der Waals surface area (Å²) < 4.78 is 0. The second-order valence-electron chi connectivity index (χ2n) is 4.38. The van der Waals surface area contributed by atoms with Crippen LogP contribution < -0.4 is 0 Å². The molecule has 1 nitrogen and oxygen atoms in total. The van der Waals surface area contributed by atoms with E-state index in [0.717, 1.165) is 5.41 Å². The molecule has 2 aliphatic carbocycles. The Bertz CT molecular complexity index is 170. The van der Waals surface area contributed by atoms with E-state index in [1.807, 2.05) is 13.8 Å². The molecule has 1 spiro atoms. The first-order chi connectivity index (χ1) is 6.22. The van der Waals surface area contributed by atoms with E-state index in [0.29, 0.717) is 11.7 Å².